The number of rotatable bonds is 2. The monoisotopic (exact) mass is 362 g/mol. The van der Waals surface area contributed by atoms with Crippen molar-refractivity contribution in [2.24, 2.45) is 11.3 Å². The van der Waals surface area contributed by atoms with Crippen LogP contribution in [-0.2, 0) is 5.41 Å². The van der Waals surface area contributed by atoms with Gasteiger partial charge < -0.3 is 20.4 Å². The van der Waals surface area contributed by atoms with Crippen molar-refractivity contribution >= 4 is 5.78 Å². The van der Waals surface area contributed by atoms with E-state index < -0.39 is 29.3 Å². The van der Waals surface area contributed by atoms with Gasteiger partial charge in [-0.1, -0.05) is 34.1 Å². The van der Waals surface area contributed by atoms with Crippen molar-refractivity contribution in [1.82, 2.24) is 0 Å². The second-order valence-corrected chi connectivity index (χ2v) is 9.16. The van der Waals surface area contributed by atoms with Gasteiger partial charge in [0.05, 0.1) is 6.10 Å². The largest absolute Gasteiger partial charge is 0.504 e. The molecule has 2 aliphatic carbocycles. The molecule has 5 heteroatoms. The molecule has 1 saturated carbocycles. The number of aliphatic hydroxyl groups excluding tert-OH is 2. The van der Waals surface area contributed by atoms with E-state index in [1.165, 1.54) is 0 Å². The number of benzene rings is 1. The zero-order valence-corrected chi connectivity index (χ0v) is 16.2. The average molecular weight is 362 g/mol. The van der Waals surface area contributed by atoms with E-state index in [1.54, 1.807) is 19.9 Å². The minimum atomic E-state index is -1.14. The van der Waals surface area contributed by atoms with Crippen LogP contribution in [0.1, 0.15) is 81.3 Å². The van der Waals surface area contributed by atoms with Gasteiger partial charge in [-0.25, -0.2) is 0 Å². The van der Waals surface area contributed by atoms with Gasteiger partial charge in [-0.15, -0.1) is 0 Å². The van der Waals surface area contributed by atoms with Crippen LogP contribution in [0.2, 0.25) is 0 Å². The number of aromatic hydroxyl groups is 2. The smallest absolute Gasteiger partial charge is 0.192 e. The Morgan fingerprint density at radius 3 is 2.31 bits per heavy atom. The predicted octanol–water partition coefficient (Wildman–Crippen LogP) is 3.22. The molecular formula is C21H30O5. The van der Waals surface area contributed by atoms with Crippen molar-refractivity contribution in [2.75, 3.05) is 0 Å². The lowest BCUT2D eigenvalue weighted by atomic mass is 9.49. The third-order valence-corrected chi connectivity index (χ3v) is 6.98. The summed E-state index contributed by atoms with van der Waals surface area (Å²) in [5.41, 5.74) is 0.191. The van der Waals surface area contributed by atoms with Crippen LogP contribution >= 0.6 is 0 Å². The molecule has 0 heterocycles. The lowest BCUT2D eigenvalue weighted by molar-refractivity contribution is -0.0396. The molecule has 3 rings (SSSR count). The minimum Gasteiger partial charge on any atom is -0.504 e. The zero-order chi connectivity index (χ0) is 19.6. The molecule has 0 spiro atoms. The number of ketones is 1. The Kier molecular flexibility index (Phi) is 4.40. The van der Waals surface area contributed by atoms with E-state index in [1.807, 2.05) is 6.92 Å². The first-order valence-corrected chi connectivity index (χ1v) is 9.43. The van der Waals surface area contributed by atoms with Gasteiger partial charge >= 0.3 is 0 Å². The van der Waals surface area contributed by atoms with E-state index in [0.717, 1.165) is 19.3 Å². The lowest BCUT2D eigenvalue weighted by Gasteiger charge is -2.55. The highest BCUT2D eigenvalue weighted by molar-refractivity contribution is 6.04. The third-order valence-electron chi connectivity index (χ3n) is 6.98. The average Bonchev–Trinajstić information content (AvgIpc) is 2.53. The van der Waals surface area contributed by atoms with E-state index in [9.17, 15) is 25.2 Å². The van der Waals surface area contributed by atoms with Crippen LogP contribution in [0.25, 0.3) is 0 Å². The summed E-state index contributed by atoms with van der Waals surface area (Å²) in [6.45, 7) is 9.40. The van der Waals surface area contributed by atoms with Crippen molar-refractivity contribution in [1.29, 1.82) is 0 Å². The molecule has 0 bridgehead atoms. The van der Waals surface area contributed by atoms with Crippen molar-refractivity contribution in [2.45, 2.75) is 77.4 Å². The maximum absolute atomic E-state index is 13.0. The maximum Gasteiger partial charge on any atom is 0.192 e. The number of aliphatic hydroxyl groups is 2. The molecule has 2 aliphatic rings. The number of Topliss-reactive ketones (excluding diaryl/α,β-unsaturated/α-hetero) is 1. The molecule has 0 amide bonds. The Morgan fingerprint density at radius 1 is 1.12 bits per heavy atom. The second kappa shape index (κ2) is 5.96. The third kappa shape index (κ3) is 2.48. The highest BCUT2D eigenvalue weighted by Gasteiger charge is 2.57. The Labute approximate surface area is 154 Å². The Morgan fingerprint density at radius 2 is 1.73 bits per heavy atom. The molecule has 5 nitrogen and oxygen atoms in total. The Hall–Kier alpha value is -1.59. The molecule has 0 saturated heterocycles. The second-order valence-electron chi connectivity index (χ2n) is 9.16. The van der Waals surface area contributed by atoms with E-state index in [0.29, 0.717) is 11.1 Å². The van der Waals surface area contributed by atoms with Gasteiger partial charge in [0.15, 0.2) is 17.3 Å². The molecule has 5 atom stereocenters. The number of phenols is 2. The summed E-state index contributed by atoms with van der Waals surface area (Å²) in [6.07, 6.45) is 0.667. The molecule has 0 radical (unpaired) electrons. The van der Waals surface area contributed by atoms with Crippen molar-refractivity contribution in [3.8, 4) is 11.5 Å². The number of phenolic OH excluding ortho intramolecular Hbond substituents is 2. The van der Waals surface area contributed by atoms with Gasteiger partial charge in [0.25, 0.3) is 0 Å². The van der Waals surface area contributed by atoms with Gasteiger partial charge in [-0.2, -0.15) is 0 Å². The van der Waals surface area contributed by atoms with Crippen LogP contribution < -0.4 is 0 Å². The molecule has 1 aromatic carbocycles. The molecule has 4 N–H and O–H groups in total. The summed E-state index contributed by atoms with van der Waals surface area (Å²) >= 11 is 0. The Bertz CT molecular complexity index is 751. The van der Waals surface area contributed by atoms with Gasteiger partial charge in [-0.05, 0) is 31.2 Å². The fourth-order valence-electron chi connectivity index (χ4n) is 5.51. The predicted molar refractivity (Wildman–Crippen MR) is 98.7 cm³/mol. The molecule has 2 unspecified atom stereocenters. The number of hydrogen-bond acceptors (Lipinski definition) is 5. The SMILES string of the molecule is CC(O)C(C)c1cc2c(c(O)c1O)[C@@]1(C)CCCC(C)(C)[C@@H]1[C@@H](O)C2=O. The standard InChI is InChI=1S/C21H30O5/c1-10(11(2)22)12-9-13-14(17(25)15(12)23)21(5)8-6-7-20(3,4)19(21)18(26)16(13)24/h9-11,18-19,22-23,25-26H,6-8H2,1-5H3/t10?,11?,18-,19-,21+/m0/s1. The lowest BCUT2D eigenvalue weighted by Crippen LogP contribution is -2.56. The highest BCUT2D eigenvalue weighted by atomic mass is 16.3. The molecular weight excluding hydrogens is 332 g/mol. The molecule has 0 aromatic heterocycles. The van der Waals surface area contributed by atoms with Gasteiger partial charge in [0, 0.05) is 33.9 Å². The summed E-state index contributed by atoms with van der Waals surface area (Å²) in [4.78, 5) is 13.0. The topological polar surface area (TPSA) is 98.0 Å². The number of carbonyl (C=O) groups is 1. The zero-order valence-electron chi connectivity index (χ0n) is 16.2. The summed E-state index contributed by atoms with van der Waals surface area (Å²) in [7, 11) is 0. The summed E-state index contributed by atoms with van der Waals surface area (Å²) in [5.74, 6) is -1.74. The number of fused-ring (bicyclic) bond motifs is 3. The minimum absolute atomic E-state index is 0.257. The van der Waals surface area contributed by atoms with Crippen LogP contribution in [0, 0.1) is 11.3 Å². The fraction of sp³-hybridized carbons (Fsp3) is 0.667. The van der Waals surface area contributed by atoms with Crippen molar-refractivity contribution in [3.05, 3.63) is 22.8 Å². The van der Waals surface area contributed by atoms with Crippen LogP contribution in [0.5, 0.6) is 11.5 Å². The molecule has 144 valence electrons. The van der Waals surface area contributed by atoms with E-state index in [-0.39, 0.29) is 28.4 Å². The molecule has 0 aliphatic heterocycles. The van der Waals surface area contributed by atoms with Crippen LogP contribution in [0.3, 0.4) is 0 Å². The van der Waals surface area contributed by atoms with E-state index in [4.69, 9.17) is 0 Å². The van der Waals surface area contributed by atoms with Crippen LogP contribution in [0.4, 0.5) is 0 Å². The summed E-state index contributed by atoms with van der Waals surface area (Å²) in [5, 5.41) is 42.3. The molecule has 1 aromatic rings. The van der Waals surface area contributed by atoms with Gasteiger partial charge in [0.1, 0.15) is 6.10 Å². The van der Waals surface area contributed by atoms with Gasteiger partial charge in [-0.3, -0.25) is 4.79 Å². The fourth-order valence-corrected chi connectivity index (χ4v) is 5.51. The number of carbonyl (C=O) groups excluding carboxylic acids is 1. The normalized spacial score (nSPS) is 32.5. The number of hydrogen-bond donors (Lipinski definition) is 4. The van der Waals surface area contributed by atoms with Crippen molar-refractivity contribution in [3.63, 3.8) is 0 Å². The van der Waals surface area contributed by atoms with Crippen LogP contribution in [-0.4, -0.2) is 38.4 Å². The first-order chi connectivity index (χ1) is 11.9. The summed E-state index contributed by atoms with van der Waals surface area (Å²) < 4.78 is 0. The molecule has 1 fully saturated rings. The Balaban J connectivity index is 2.30. The van der Waals surface area contributed by atoms with Crippen LogP contribution in [0.15, 0.2) is 6.07 Å². The molecule has 26 heavy (non-hydrogen) atoms. The van der Waals surface area contributed by atoms with E-state index in [2.05, 4.69) is 13.8 Å². The highest BCUT2D eigenvalue weighted by Crippen LogP contribution is 2.60. The maximum atomic E-state index is 13.0. The van der Waals surface area contributed by atoms with Gasteiger partial charge in [0.2, 0.25) is 0 Å². The first-order valence-electron chi connectivity index (χ1n) is 9.43. The quantitative estimate of drug-likeness (QED) is 0.606. The summed E-state index contributed by atoms with van der Waals surface area (Å²) in [6, 6.07) is 1.55. The van der Waals surface area contributed by atoms with E-state index >= 15 is 0 Å². The first kappa shape index (κ1) is 19.2. The van der Waals surface area contributed by atoms with Crippen molar-refractivity contribution < 1.29 is 25.2 Å².